The van der Waals surface area contributed by atoms with E-state index >= 15 is 0 Å². The van der Waals surface area contributed by atoms with E-state index in [1.807, 2.05) is 72.8 Å². The number of likely N-dealkylation sites (tertiary alicyclic amines) is 2. The van der Waals surface area contributed by atoms with Crippen molar-refractivity contribution >= 4 is 56.0 Å². The largest absolute Gasteiger partial charge is 0.508 e. The van der Waals surface area contributed by atoms with E-state index in [0.717, 1.165) is 170 Å². The lowest BCUT2D eigenvalue weighted by Gasteiger charge is -2.38. The van der Waals surface area contributed by atoms with E-state index in [1.54, 1.807) is 30.3 Å². The fraction of sp³-hybridized carbons (Fsp3) is 0.339. The Bertz CT molecular complexity index is 5630. The highest BCUT2D eigenvalue weighted by Gasteiger charge is 2.35. The molecule has 704 valence electrons. The number of nitrogens with zero attached hydrogens (tertiary/aromatic N) is 6. The molecular formula is C121H142N6O8. The summed E-state index contributed by atoms with van der Waals surface area (Å²) >= 11 is 0. The van der Waals surface area contributed by atoms with E-state index in [2.05, 4.69) is 283 Å². The monoisotopic (exact) mass is 1810 g/mol. The molecule has 0 amide bonds. The number of anilines is 2. The summed E-state index contributed by atoms with van der Waals surface area (Å²) in [5.74, 6) is 2.24. The van der Waals surface area contributed by atoms with Crippen molar-refractivity contribution in [2.75, 3.05) is 115 Å². The lowest BCUT2D eigenvalue weighted by molar-refractivity contribution is 0.172. The van der Waals surface area contributed by atoms with Gasteiger partial charge in [0.15, 0.2) is 0 Å². The Balaban J connectivity index is 0.000000144. The number of piperidine rings is 1. The smallest absolute Gasteiger partial charge is 0.116 e. The summed E-state index contributed by atoms with van der Waals surface area (Å²) in [5, 5.41) is 79.2. The Morgan fingerprint density at radius 2 is 0.548 bits per heavy atom. The van der Waals surface area contributed by atoms with Gasteiger partial charge in [-0.15, -0.1) is 0 Å². The van der Waals surface area contributed by atoms with E-state index < -0.39 is 0 Å². The maximum absolute atomic E-state index is 10.3. The molecule has 14 heteroatoms. The minimum absolute atomic E-state index is 0.143. The van der Waals surface area contributed by atoms with E-state index in [4.69, 9.17) is 0 Å². The lowest BCUT2D eigenvalue weighted by Crippen LogP contribution is -2.48. The molecule has 5 fully saturated rings. The maximum Gasteiger partial charge on any atom is 0.116 e. The molecule has 4 heterocycles. The van der Waals surface area contributed by atoms with Gasteiger partial charge in [0, 0.05) is 121 Å². The quantitative estimate of drug-likeness (QED) is 0.0187. The number of allylic oxidation sites excluding steroid dienone is 4. The van der Waals surface area contributed by atoms with Crippen LogP contribution < -0.4 is 9.80 Å². The number of aliphatic hydroxyl groups is 4. The van der Waals surface area contributed by atoms with E-state index in [9.17, 15) is 40.9 Å². The second kappa shape index (κ2) is 50.1. The van der Waals surface area contributed by atoms with Crippen LogP contribution in [0.4, 0.5) is 11.4 Å². The summed E-state index contributed by atoms with van der Waals surface area (Å²) in [4.78, 5) is 15.2. The summed E-state index contributed by atoms with van der Waals surface area (Å²) in [6, 6.07) is 110. The van der Waals surface area contributed by atoms with Gasteiger partial charge in [-0.05, 0) is 352 Å². The Hall–Kier alpha value is -11.9. The van der Waals surface area contributed by atoms with Gasteiger partial charge in [0.05, 0.1) is 0 Å². The fourth-order valence-electron chi connectivity index (χ4n) is 20.1. The van der Waals surface area contributed by atoms with Crippen molar-refractivity contribution in [3.63, 3.8) is 0 Å². The number of aromatic hydroxyl groups is 4. The first-order valence-corrected chi connectivity index (χ1v) is 49.6. The van der Waals surface area contributed by atoms with Crippen LogP contribution >= 0.6 is 0 Å². The molecule has 1 aliphatic carbocycles. The molecule has 0 radical (unpaired) electrons. The van der Waals surface area contributed by atoms with Crippen LogP contribution in [0, 0.1) is 0 Å². The van der Waals surface area contributed by atoms with Gasteiger partial charge in [0.25, 0.3) is 0 Å². The van der Waals surface area contributed by atoms with Crippen molar-refractivity contribution in [3.05, 3.63) is 393 Å². The number of phenolic OH excluding ortho intramolecular Hbond substituents is 4. The predicted molar refractivity (Wildman–Crippen MR) is 561 cm³/mol. The van der Waals surface area contributed by atoms with Crippen molar-refractivity contribution in [1.82, 2.24) is 19.6 Å². The van der Waals surface area contributed by atoms with Gasteiger partial charge in [-0.3, -0.25) is 14.7 Å². The zero-order valence-electron chi connectivity index (χ0n) is 80.3. The van der Waals surface area contributed by atoms with Gasteiger partial charge in [0.2, 0.25) is 0 Å². The van der Waals surface area contributed by atoms with Crippen LogP contribution in [0.1, 0.15) is 215 Å². The molecule has 8 N–H and O–H groups in total. The minimum Gasteiger partial charge on any atom is -0.508 e. The zero-order chi connectivity index (χ0) is 94.4. The van der Waals surface area contributed by atoms with Gasteiger partial charge in [-0.1, -0.05) is 243 Å². The molecule has 12 aromatic carbocycles. The first-order chi connectivity index (χ1) is 65.9. The molecule has 1 atom stereocenters. The maximum atomic E-state index is 10.3. The standard InChI is InChI=1S/C31H37NO2.2C30H36N2O2.C30H33NO2/c1-23(2)32-19-17-24(18-20-32)27-10-6-11-28(22-27)31(26-13-15-29(34)16-14-26)30(12-7-21-33)25-8-4-3-5-9-25;2*1-23(2)31-16-18-32(19-17-31)27-13-6-11-25(21-27)30(26-12-7-14-28(34)22-26)29(15-8-20-33)24-9-4-3-5-10-24;32-19-5-10-29(23-6-2-1-3-7-23)30(25-8-4-9-28(33)20-25)24-13-11-22(12-14-24)26-17-18-31(21-26)27-15-16-27/h3-6,8-11,13-16,22-24,33-34H,7,12,17-21H2,1-2H3;2*3-7,9-14,21-23,33-34H,8,15-20H2,1-2H3;1-4,6-9,11-14,20,26-27,32-33H,5,10,15-19,21H2/b31-30-;3*30-29+. The number of hydrogen-bond donors (Lipinski definition) is 8. The van der Waals surface area contributed by atoms with Crippen molar-refractivity contribution < 1.29 is 40.9 Å². The highest BCUT2D eigenvalue weighted by atomic mass is 16.3. The number of piperazine rings is 2. The molecular weight excluding hydrogens is 1670 g/mol. The van der Waals surface area contributed by atoms with E-state index in [1.165, 1.54) is 107 Å². The van der Waals surface area contributed by atoms with Gasteiger partial charge in [-0.2, -0.15) is 0 Å². The third kappa shape index (κ3) is 27.3. The average Bonchev–Trinajstić information content (AvgIpc) is 1.77. The fourth-order valence-corrected chi connectivity index (χ4v) is 20.1. The number of rotatable bonds is 32. The lowest BCUT2D eigenvalue weighted by atomic mass is 9.84. The summed E-state index contributed by atoms with van der Waals surface area (Å²) in [6.45, 7) is 27.3. The van der Waals surface area contributed by atoms with Gasteiger partial charge in [0.1, 0.15) is 23.0 Å². The summed E-state index contributed by atoms with van der Waals surface area (Å²) in [6.07, 6.45) is 12.2. The topological polar surface area (TPSA) is 181 Å². The second-order valence-corrected chi connectivity index (χ2v) is 37.6. The van der Waals surface area contributed by atoms with E-state index in [0.29, 0.717) is 55.6 Å². The van der Waals surface area contributed by atoms with Crippen molar-refractivity contribution in [1.29, 1.82) is 0 Å². The number of hydrogen-bond acceptors (Lipinski definition) is 14. The predicted octanol–water partition coefficient (Wildman–Crippen LogP) is 24.1. The van der Waals surface area contributed by atoms with Crippen LogP contribution in [0.25, 0.3) is 44.6 Å². The number of phenols is 4. The molecule has 1 saturated carbocycles. The highest BCUT2D eigenvalue weighted by molar-refractivity contribution is 6.02. The molecule has 4 aliphatic heterocycles. The number of benzene rings is 12. The van der Waals surface area contributed by atoms with Crippen molar-refractivity contribution in [3.8, 4) is 23.0 Å². The Morgan fingerprint density at radius 3 is 0.881 bits per heavy atom. The van der Waals surface area contributed by atoms with Crippen LogP contribution in [0.2, 0.25) is 0 Å². The molecule has 0 aromatic heterocycles. The van der Waals surface area contributed by atoms with Crippen LogP contribution in [0.5, 0.6) is 23.0 Å². The first-order valence-electron chi connectivity index (χ1n) is 49.6. The zero-order valence-corrected chi connectivity index (χ0v) is 80.3. The van der Waals surface area contributed by atoms with Gasteiger partial charge in [-0.25, -0.2) is 0 Å². The summed E-state index contributed by atoms with van der Waals surface area (Å²) in [5.41, 5.74) is 27.9. The van der Waals surface area contributed by atoms with Crippen LogP contribution in [0.3, 0.4) is 0 Å². The first kappa shape index (κ1) is 99.1. The van der Waals surface area contributed by atoms with E-state index in [-0.39, 0.29) is 49.4 Å². The molecule has 14 nitrogen and oxygen atoms in total. The molecule has 1 unspecified atom stereocenters. The van der Waals surface area contributed by atoms with Crippen LogP contribution in [0.15, 0.2) is 315 Å². The molecule has 12 aromatic rings. The average molecular weight is 1810 g/mol. The van der Waals surface area contributed by atoms with Crippen molar-refractivity contribution in [2.24, 2.45) is 0 Å². The molecule has 135 heavy (non-hydrogen) atoms. The normalized spacial score (nSPS) is 16.6. The van der Waals surface area contributed by atoms with Crippen LogP contribution in [-0.2, 0) is 0 Å². The minimum atomic E-state index is 0.143. The molecule has 5 aliphatic rings. The Kier molecular flexibility index (Phi) is 36.7. The molecule has 0 bridgehead atoms. The van der Waals surface area contributed by atoms with Crippen LogP contribution in [-0.4, -0.2) is 190 Å². The SMILES string of the molecule is CC(C)N1CCC(c2cccc(/C(=C(/CCCO)c3ccccc3)c3ccc(O)cc3)c2)CC1.CC(C)N1CCN(c2cccc(/C(=C(/CCCO)c3ccccc3)c3cccc(O)c3)c2)CC1.CC(C)N1CCN(c2cccc(/C(=C(/CCCO)c3ccccc3)c3cccc(O)c3)c2)CC1.OCCC/C(=C(/c1ccc(C2CCN(C3CC3)C2)cc1)c1cccc(O)c1)c1ccccc1. The summed E-state index contributed by atoms with van der Waals surface area (Å²) in [7, 11) is 0. The van der Waals surface area contributed by atoms with Gasteiger partial charge < -0.3 is 55.6 Å². The molecule has 0 spiro atoms. The summed E-state index contributed by atoms with van der Waals surface area (Å²) < 4.78 is 0. The third-order valence-electron chi connectivity index (χ3n) is 27.5. The number of aliphatic hydroxyl groups excluding tert-OH is 4. The van der Waals surface area contributed by atoms with Gasteiger partial charge >= 0.3 is 0 Å². The second-order valence-electron chi connectivity index (χ2n) is 37.6. The molecule has 4 saturated heterocycles. The highest BCUT2D eigenvalue weighted by Crippen LogP contribution is 2.45. The van der Waals surface area contributed by atoms with Crippen molar-refractivity contribution in [2.45, 2.75) is 161 Å². The Morgan fingerprint density at radius 1 is 0.252 bits per heavy atom. The molecule has 17 rings (SSSR count). The third-order valence-corrected chi connectivity index (χ3v) is 27.5. The Labute approximate surface area is 803 Å².